The highest BCUT2D eigenvalue weighted by molar-refractivity contribution is 8.02. The van der Waals surface area contributed by atoms with Crippen molar-refractivity contribution in [3.8, 4) is 0 Å². The molecule has 0 aliphatic carbocycles. The average molecular weight is 519 g/mol. The Morgan fingerprint density at radius 3 is 2.77 bits per heavy atom. The predicted octanol–water partition coefficient (Wildman–Crippen LogP) is 3.45. The fraction of sp³-hybridized carbons (Fsp3) is 0.500. The number of esters is 1. The number of nitrogens with zero attached hydrogens (tertiary/aromatic N) is 2. The molecule has 1 aromatic carbocycles. The molecule has 3 fully saturated rings. The molecule has 1 spiro atoms. The van der Waals surface area contributed by atoms with Crippen LogP contribution in [0.5, 0.6) is 0 Å². The van der Waals surface area contributed by atoms with Gasteiger partial charge in [0.25, 0.3) is 5.91 Å². The molecule has 0 saturated carbocycles. The Kier molecular flexibility index (Phi) is 7.93. The third kappa shape index (κ3) is 4.41. The fourth-order valence-electron chi connectivity index (χ4n) is 5.78. The van der Waals surface area contributed by atoms with Gasteiger partial charge in [0.2, 0.25) is 5.91 Å². The lowest BCUT2D eigenvalue weighted by atomic mass is 9.71. The molecule has 188 valence electrons. The average Bonchev–Trinajstić information content (AvgIpc) is 3.49. The monoisotopic (exact) mass is 518 g/mol. The van der Waals surface area contributed by atoms with Crippen LogP contribution in [-0.4, -0.2) is 70.1 Å². The van der Waals surface area contributed by atoms with Crippen LogP contribution in [0.25, 0.3) is 0 Å². The van der Waals surface area contributed by atoms with Crippen LogP contribution in [0.15, 0.2) is 49.6 Å². The standard InChI is InChI=1S/C26H31ClN2O5S/c1-3-5-16-34-25(33)20-19-11-12-26(35-19)21(20)23(31)29(14-8-15-30)22(26)24(32)28(13-4-2)18-10-7-6-9-17(18)27/h3-4,6-7,9-10,19-22,30H,1-2,5,8,11-16H2/t19-,20+,21+,22?,26?/m1/s1. The Bertz CT molecular complexity index is 1020. The van der Waals surface area contributed by atoms with Crippen molar-refractivity contribution in [3.63, 3.8) is 0 Å². The van der Waals surface area contributed by atoms with Crippen LogP contribution in [-0.2, 0) is 19.1 Å². The van der Waals surface area contributed by atoms with Crippen LogP contribution in [0, 0.1) is 11.8 Å². The van der Waals surface area contributed by atoms with Gasteiger partial charge in [-0.1, -0.05) is 35.9 Å². The highest BCUT2D eigenvalue weighted by atomic mass is 35.5. The first-order valence-corrected chi connectivity index (χ1v) is 13.2. The Morgan fingerprint density at radius 2 is 2.09 bits per heavy atom. The Hall–Kier alpha value is -2.29. The quantitative estimate of drug-likeness (QED) is 0.274. The number of aliphatic hydroxyl groups excluding tert-OH is 1. The fourth-order valence-corrected chi connectivity index (χ4v) is 8.21. The third-order valence-electron chi connectivity index (χ3n) is 7.15. The number of amides is 2. The van der Waals surface area contributed by atoms with Gasteiger partial charge in [-0.05, 0) is 37.8 Å². The molecule has 3 saturated heterocycles. The van der Waals surface area contributed by atoms with Gasteiger partial charge in [0.05, 0.1) is 33.9 Å². The van der Waals surface area contributed by atoms with Crippen LogP contribution < -0.4 is 4.90 Å². The molecule has 35 heavy (non-hydrogen) atoms. The number of thioether (sulfide) groups is 1. The van der Waals surface area contributed by atoms with E-state index in [1.54, 1.807) is 58.0 Å². The largest absolute Gasteiger partial charge is 0.465 e. The number of fused-ring (bicyclic) bond motifs is 1. The number of halogens is 1. The zero-order chi connectivity index (χ0) is 25.2. The van der Waals surface area contributed by atoms with Crippen molar-refractivity contribution < 1.29 is 24.2 Å². The van der Waals surface area contributed by atoms with Crippen molar-refractivity contribution in [2.75, 3.05) is 31.2 Å². The second-order valence-electron chi connectivity index (χ2n) is 9.10. The molecule has 5 atom stereocenters. The van der Waals surface area contributed by atoms with Crippen molar-refractivity contribution in [2.45, 2.75) is 41.7 Å². The first-order valence-electron chi connectivity index (χ1n) is 11.9. The van der Waals surface area contributed by atoms with Crippen molar-refractivity contribution in [2.24, 2.45) is 11.8 Å². The van der Waals surface area contributed by atoms with Gasteiger partial charge in [-0.15, -0.1) is 24.9 Å². The van der Waals surface area contributed by atoms with E-state index in [2.05, 4.69) is 13.2 Å². The number of hydrogen-bond acceptors (Lipinski definition) is 6. The molecule has 3 heterocycles. The lowest BCUT2D eigenvalue weighted by Gasteiger charge is -2.37. The molecular weight excluding hydrogens is 488 g/mol. The van der Waals surface area contributed by atoms with Crippen molar-refractivity contribution in [3.05, 3.63) is 54.6 Å². The second-order valence-corrected chi connectivity index (χ2v) is 11.1. The normalized spacial score (nSPS) is 28.6. The van der Waals surface area contributed by atoms with Crippen molar-refractivity contribution in [1.29, 1.82) is 0 Å². The van der Waals surface area contributed by atoms with Gasteiger partial charge >= 0.3 is 5.97 Å². The van der Waals surface area contributed by atoms with E-state index in [0.29, 0.717) is 30.0 Å². The number of likely N-dealkylation sites (tertiary alicyclic amines) is 1. The first-order chi connectivity index (χ1) is 16.9. The lowest BCUT2D eigenvalue weighted by molar-refractivity contribution is -0.154. The smallest absolute Gasteiger partial charge is 0.310 e. The number of benzene rings is 1. The summed E-state index contributed by atoms with van der Waals surface area (Å²) in [5, 5.41) is 9.85. The third-order valence-corrected chi connectivity index (χ3v) is 9.42. The number of carbonyl (C=O) groups excluding carboxylic acids is 3. The highest BCUT2D eigenvalue weighted by Gasteiger charge is 2.74. The minimum Gasteiger partial charge on any atom is -0.465 e. The number of anilines is 1. The molecule has 4 rings (SSSR count). The zero-order valence-electron chi connectivity index (χ0n) is 19.6. The first kappa shape index (κ1) is 25.8. The van der Waals surface area contributed by atoms with E-state index in [1.165, 1.54) is 0 Å². The molecule has 9 heteroatoms. The summed E-state index contributed by atoms with van der Waals surface area (Å²) in [6, 6.07) is 6.31. The summed E-state index contributed by atoms with van der Waals surface area (Å²) in [6.07, 6.45) is 5.59. The van der Waals surface area contributed by atoms with E-state index in [1.807, 2.05) is 0 Å². The van der Waals surface area contributed by atoms with E-state index < -0.39 is 22.6 Å². The Morgan fingerprint density at radius 1 is 1.31 bits per heavy atom. The van der Waals surface area contributed by atoms with E-state index in [0.717, 1.165) is 6.42 Å². The summed E-state index contributed by atoms with van der Waals surface area (Å²) in [5.41, 5.74) is 0.548. The van der Waals surface area contributed by atoms with E-state index in [-0.39, 0.29) is 49.3 Å². The molecule has 2 bridgehead atoms. The number of para-hydroxylation sites is 1. The molecule has 3 aliphatic rings. The minimum absolute atomic E-state index is 0.0661. The maximum absolute atomic E-state index is 14.2. The summed E-state index contributed by atoms with van der Waals surface area (Å²) < 4.78 is 4.77. The summed E-state index contributed by atoms with van der Waals surface area (Å²) >= 11 is 8.04. The second kappa shape index (κ2) is 10.8. The maximum atomic E-state index is 14.2. The topological polar surface area (TPSA) is 87.1 Å². The highest BCUT2D eigenvalue weighted by Crippen LogP contribution is 2.66. The molecule has 3 aliphatic heterocycles. The van der Waals surface area contributed by atoms with Crippen LogP contribution in [0.2, 0.25) is 5.02 Å². The lowest BCUT2D eigenvalue weighted by Crippen LogP contribution is -2.55. The molecule has 2 amide bonds. The van der Waals surface area contributed by atoms with Gasteiger partial charge < -0.3 is 19.6 Å². The van der Waals surface area contributed by atoms with Gasteiger partial charge in [-0.25, -0.2) is 0 Å². The van der Waals surface area contributed by atoms with E-state index in [4.69, 9.17) is 16.3 Å². The molecule has 0 radical (unpaired) electrons. The predicted molar refractivity (Wildman–Crippen MR) is 137 cm³/mol. The summed E-state index contributed by atoms with van der Waals surface area (Å²) in [4.78, 5) is 44.3. The van der Waals surface area contributed by atoms with Gasteiger partial charge in [0.1, 0.15) is 6.04 Å². The van der Waals surface area contributed by atoms with Gasteiger partial charge in [0, 0.05) is 24.9 Å². The molecule has 0 aromatic heterocycles. The van der Waals surface area contributed by atoms with Crippen LogP contribution in [0.1, 0.15) is 25.7 Å². The molecule has 2 unspecified atom stereocenters. The Balaban J connectivity index is 1.72. The Labute approximate surface area is 215 Å². The number of carbonyl (C=O) groups is 3. The van der Waals surface area contributed by atoms with Gasteiger partial charge in [-0.2, -0.15) is 0 Å². The van der Waals surface area contributed by atoms with E-state index in [9.17, 15) is 19.5 Å². The summed E-state index contributed by atoms with van der Waals surface area (Å²) in [7, 11) is 0. The van der Waals surface area contributed by atoms with Crippen LogP contribution >= 0.6 is 23.4 Å². The molecule has 1 N–H and O–H groups in total. The van der Waals surface area contributed by atoms with Crippen molar-refractivity contribution >= 4 is 46.8 Å². The number of ether oxygens (including phenoxy) is 1. The molecule has 7 nitrogen and oxygen atoms in total. The maximum Gasteiger partial charge on any atom is 0.310 e. The molecule has 1 aromatic rings. The van der Waals surface area contributed by atoms with Crippen LogP contribution in [0.4, 0.5) is 5.69 Å². The SMILES string of the molecule is C=CCCOC(=O)[C@@H]1[C@H]2C(=O)N(CCCO)C(C(=O)N(CC=C)c3ccccc3Cl)C23CC[C@H]1S3. The number of rotatable bonds is 11. The zero-order valence-corrected chi connectivity index (χ0v) is 21.2. The van der Waals surface area contributed by atoms with Crippen LogP contribution in [0.3, 0.4) is 0 Å². The van der Waals surface area contributed by atoms with Gasteiger partial charge in [-0.3, -0.25) is 14.4 Å². The number of aliphatic hydroxyl groups is 1. The summed E-state index contributed by atoms with van der Waals surface area (Å²) in [5.74, 6) is -2.07. The summed E-state index contributed by atoms with van der Waals surface area (Å²) in [6.45, 7) is 8.04. The van der Waals surface area contributed by atoms with E-state index >= 15 is 0 Å². The minimum atomic E-state index is -0.774. The molecular formula is C26H31ClN2O5S. The van der Waals surface area contributed by atoms with Gasteiger partial charge in [0.15, 0.2) is 0 Å². The number of hydrogen-bond donors (Lipinski definition) is 1. The van der Waals surface area contributed by atoms with Crippen molar-refractivity contribution in [1.82, 2.24) is 4.90 Å².